The van der Waals surface area contributed by atoms with Crippen LogP contribution in [0.3, 0.4) is 0 Å². The first-order chi connectivity index (χ1) is 8.17. The van der Waals surface area contributed by atoms with Crippen molar-refractivity contribution in [1.82, 2.24) is 5.32 Å². The zero-order valence-electron chi connectivity index (χ0n) is 11.3. The van der Waals surface area contributed by atoms with Crippen LogP contribution in [0.25, 0.3) is 0 Å². The average molecular weight is 252 g/mol. The van der Waals surface area contributed by atoms with Crippen molar-refractivity contribution >= 4 is 17.4 Å². The van der Waals surface area contributed by atoms with Gasteiger partial charge in [-0.1, -0.05) is 13.8 Å². The minimum Gasteiger partial charge on any atom is -0.385 e. The number of thioether (sulfide) groups is 1. The van der Waals surface area contributed by atoms with Crippen LogP contribution in [0.5, 0.6) is 0 Å². The lowest BCUT2D eigenvalue weighted by molar-refractivity contribution is 0.390. The van der Waals surface area contributed by atoms with Crippen molar-refractivity contribution in [1.29, 1.82) is 0 Å². The fraction of sp³-hybridized carbons (Fsp3) is 0.571. The molecule has 0 bridgehead atoms. The first-order valence-electron chi connectivity index (χ1n) is 6.20. The van der Waals surface area contributed by atoms with Crippen molar-refractivity contribution in [3.8, 4) is 0 Å². The molecule has 0 aromatic heterocycles. The molecule has 0 heterocycles. The van der Waals surface area contributed by atoms with E-state index in [0.717, 1.165) is 13.1 Å². The highest BCUT2D eigenvalue weighted by Crippen LogP contribution is 2.18. The number of hydrogen-bond donors (Lipinski definition) is 2. The highest BCUT2D eigenvalue weighted by molar-refractivity contribution is 7.98. The van der Waals surface area contributed by atoms with Crippen LogP contribution < -0.4 is 10.6 Å². The molecule has 0 amide bonds. The van der Waals surface area contributed by atoms with Crippen molar-refractivity contribution in [2.75, 3.05) is 31.7 Å². The van der Waals surface area contributed by atoms with E-state index in [4.69, 9.17) is 0 Å². The van der Waals surface area contributed by atoms with E-state index in [9.17, 15) is 0 Å². The highest BCUT2D eigenvalue weighted by Gasteiger charge is 2.11. The summed E-state index contributed by atoms with van der Waals surface area (Å²) in [5.41, 5.74) is 1.21. The highest BCUT2D eigenvalue weighted by atomic mass is 32.2. The molecule has 1 unspecified atom stereocenters. The van der Waals surface area contributed by atoms with E-state index in [0.29, 0.717) is 11.8 Å². The minimum absolute atomic E-state index is 0.667. The third kappa shape index (κ3) is 5.00. The Morgan fingerprint density at radius 1 is 1.12 bits per heavy atom. The lowest BCUT2D eigenvalue weighted by Gasteiger charge is -2.21. The number of nitrogens with one attached hydrogen (secondary N) is 2. The SMILES string of the molecule is CNCC(CNc1ccc(SC)cc1)C(C)C. The summed E-state index contributed by atoms with van der Waals surface area (Å²) in [6, 6.07) is 8.64. The van der Waals surface area contributed by atoms with Gasteiger partial charge in [0.2, 0.25) is 0 Å². The Hall–Kier alpha value is -0.670. The number of anilines is 1. The maximum Gasteiger partial charge on any atom is 0.0341 e. The van der Waals surface area contributed by atoms with Gasteiger partial charge >= 0.3 is 0 Å². The largest absolute Gasteiger partial charge is 0.385 e. The third-order valence-electron chi connectivity index (χ3n) is 3.07. The van der Waals surface area contributed by atoms with E-state index in [1.54, 1.807) is 11.8 Å². The van der Waals surface area contributed by atoms with Crippen molar-refractivity contribution in [3.63, 3.8) is 0 Å². The van der Waals surface area contributed by atoms with E-state index >= 15 is 0 Å². The summed E-state index contributed by atoms with van der Waals surface area (Å²) in [6.45, 7) is 6.64. The minimum atomic E-state index is 0.667. The van der Waals surface area contributed by atoms with Crippen LogP contribution in [0.4, 0.5) is 5.69 Å². The van der Waals surface area contributed by atoms with Crippen LogP contribution in [-0.4, -0.2) is 26.4 Å². The Kier molecular flexibility index (Phi) is 6.45. The molecule has 0 saturated carbocycles. The van der Waals surface area contributed by atoms with Crippen LogP contribution >= 0.6 is 11.8 Å². The second-order valence-electron chi connectivity index (χ2n) is 4.67. The summed E-state index contributed by atoms with van der Waals surface area (Å²) in [6.07, 6.45) is 2.10. The summed E-state index contributed by atoms with van der Waals surface area (Å²) >= 11 is 1.78. The van der Waals surface area contributed by atoms with Gasteiger partial charge in [-0.2, -0.15) is 0 Å². The molecule has 0 aliphatic heterocycles. The van der Waals surface area contributed by atoms with Gasteiger partial charge in [-0.05, 0) is 55.9 Å². The molecule has 0 spiro atoms. The molecule has 0 aliphatic rings. The maximum atomic E-state index is 3.51. The average Bonchev–Trinajstić information content (AvgIpc) is 2.34. The maximum absolute atomic E-state index is 3.51. The standard InChI is InChI=1S/C14H24N2S/c1-11(2)12(9-15-3)10-16-13-5-7-14(17-4)8-6-13/h5-8,11-12,15-16H,9-10H2,1-4H3. The summed E-state index contributed by atoms with van der Waals surface area (Å²) in [5, 5.41) is 6.77. The van der Waals surface area contributed by atoms with E-state index in [-0.39, 0.29) is 0 Å². The lowest BCUT2D eigenvalue weighted by atomic mass is 9.96. The van der Waals surface area contributed by atoms with Gasteiger partial charge in [0, 0.05) is 17.1 Å². The zero-order valence-corrected chi connectivity index (χ0v) is 12.1. The summed E-state index contributed by atoms with van der Waals surface area (Å²) in [5.74, 6) is 1.36. The summed E-state index contributed by atoms with van der Waals surface area (Å²) in [7, 11) is 2.02. The van der Waals surface area contributed by atoms with Gasteiger partial charge in [-0.3, -0.25) is 0 Å². The van der Waals surface area contributed by atoms with E-state index in [1.807, 2.05) is 7.05 Å². The molecular formula is C14H24N2S. The molecule has 1 rings (SSSR count). The topological polar surface area (TPSA) is 24.1 Å². The van der Waals surface area contributed by atoms with E-state index in [2.05, 4.69) is 55.0 Å². The third-order valence-corrected chi connectivity index (χ3v) is 3.81. The first-order valence-corrected chi connectivity index (χ1v) is 7.42. The van der Waals surface area contributed by atoms with Gasteiger partial charge in [-0.25, -0.2) is 0 Å². The number of benzene rings is 1. The quantitative estimate of drug-likeness (QED) is 0.728. The fourth-order valence-corrected chi connectivity index (χ4v) is 2.17. The fourth-order valence-electron chi connectivity index (χ4n) is 1.76. The molecule has 1 atom stereocenters. The molecule has 0 aliphatic carbocycles. The Balaban J connectivity index is 2.47. The molecule has 1 aromatic rings. The van der Waals surface area contributed by atoms with Crippen LogP contribution in [0.2, 0.25) is 0 Å². The Morgan fingerprint density at radius 2 is 1.76 bits per heavy atom. The Morgan fingerprint density at radius 3 is 2.24 bits per heavy atom. The monoisotopic (exact) mass is 252 g/mol. The molecule has 0 saturated heterocycles. The normalized spacial score (nSPS) is 12.8. The Labute approximate surface area is 110 Å². The second-order valence-corrected chi connectivity index (χ2v) is 5.55. The predicted octanol–water partition coefficient (Wildman–Crippen LogP) is 3.31. The smallest absolute Gasteiger partial charge is 0.0341 e. The number of hydrogen-bond acceptors (Lipinski definition) is 3. The number of rotatable bonds is 7. The van der Waals surface area contributed by atoms with E-state index in [1.165, 1.54) is 10.6 Å². The van der Waals surface area contributed by atoms with Crippen molar-refractivity contribution in [2.24, 2.45) is 11.8 Å². The van der Waals surface area contributed by atoms with Gasteiger partial charge in [-0.15, -0.1) is 11.8 Å². The van der Waals surface area contributed by atoms with Crippen molar-refractivity contribution in [2.45, 2.75) is 18.7 Å². The van der Waals surface area contributed by atoms with Crippen molar-refractivity contribution < 1.29 is 0 Å². The molecule has 17 heavy (non-hydrogen) atoms. The Bertz CT molecular complexity index is 309. The second kappa shape index (κ2) is 7.62. The summed E-state index contributed by atoms with van der Waals surface area (Å²) < 4.78 is 0. The van der Waals surface area contributed by atoms with Crippen molar-refractivity contribution in [3.05, 3.63) is 24.3 Å². The van der Waals surface area contributed by atoms with E-state index < -0.39 is 0 Å². The van der Waals surface area contributed by atoms with Crippen LogP contribution in [0, 0.1) is 11.8 Å². The van der Waals surface area contributed by atoms with Crippen LogP contribution in [0.15, 0.2) is 29.2 Å². The van der Waals surface area contributed by atoms with Gasteiger partial charge in [0.25, 0.3) is 0 Å². The molecule has 0 radical (unpaired) electrons. The molecule has 1 aromatic carbocycles. The predicted molar refractivity (Wildman–Crippen MR) is 79.0 cm³/mol. The zero-order chi connectivity index (χ0) is 12.7. The first kappa shape index (κ1) is 14.4. The van der Waals surface area contributed by atoms with Gasteiger partial charge in [0.1, 0.15) is 0 Å². The molecule has 2 N–H and O–H groups in total. The lowest BCUT2D eigenvalue weighted by Crippen LogP contribution is -2.29. The van der Waals surface area contributed by atoms with Gasteiger partial charge in [0.15, 0.2) is 0 Å². The molecule has 96 valence electrons. The molecule has 3 heteroatoms. The summed E-state index contributed by atoms with van der Waals surface area (Å²) in [4.78, 5) is 1.31. The molecular weight excluding hydrogens is 228 g/mol. The molecule has 2 nitrogen and oxygen atoms in total. The van der Waals surface area contributed by atoms with Gasteiger partial charge < -0.3 is 10.6 Å². The molecule has 0 fully saturated rings. The van der Waals surface area contributed by atoms with Gasteiger partial charge in [0.05, 0.1) is 0 Å². The van der Waals surface area contributed by atoms with Crippen LogP contribution in [0.1, 0.15) is 13.8 Å². The van der Waals surface area contributed by atoms with Crippen LogP contribution in [-0.2, 0) is 0 Å².